The summed E-state index contributed by atoms with van der Waals surface area (Å²) in [5.41, 5.74) is 1.25. The van der Waals surface area contributed by atoms with Gasteiger partial charge in [0.2, 0.25) is 0 Å². The van der Waals surface area contributed by atoms with E-state index in [-0.39, 0.29) is 6.10 Å². The van der Waals surface area contributed by atoms with Crippen LogP contribution in [0.1, 0.15) is 27.2 Å². The summed E-state index contributed by atoms with van der Waals surface area (Å²) in [5, 5.41) is 11.9. The van der Waals surface area contributed by atoms with Crippen LogP contribution >= 0.6 is 0 Å². The summed E-state index contributed by atoms with van der Waals surface area (Å²) in [5.74, 6) is -0.0751. The first-order chi connectivity index (χ1) is 9.02. The Morgan fingerprint density at radius 3 is 2.89 bits per heavy atom. The van der Waals surface area contributed by atoms with E-state index in [1.54, 1.807) is 13.0 Å². The molecule has 1 aromatic carbocycles. The smallest absolute Gasteiger partial charge is 0.331 e. The number of carboxylic acid groups (broad SMARTS) is 1. The summed E-state index contributed by atoms with van der Waals surface area (Å²) in [6.45, 7) is 6.16. The fraction of sp³-hybridized carbons (Fsp3) is 0.400. The molecule has 0 spiro atoms. The van der Waals surface area contributed by atoms with Gasteiger partial charge in [-0.1, -0.05) is 19.1 Å². The Morgan fingerprint density at radius 2 is 2.26 bits per heavy atom. The van der Waals surface area contributed by atoms with E-state index in [4.69, 9.17) is 9.84 Å². The molecule has 0 saturated carbocycles. The quantitative estimate of drug-likeness (QED) is 0.741. The number of ether oxygens (including phenoxy) is 1. The van der Waals surface area contributed by atoms with E-state index in [9.17, 15) is 4.79 Å². The Labute approximate surface area is 114 Å². The normalized spacial score (nSPS) is 12.9. The highest BCUT2D eigenvalue weighted by molar-refractivity contribution is 5.85. The van der Waals surface area contributed by atoms with Crippen LogP contribution in [0.3, 0.4) is 0 Å². The fourth-order valence-corrected chi connectivity index (χ4v) is 1.40. The van der Waals surface area contributed by atoms with Crippen molar-refractivity contribution >= 4 is 11.7 Å². The Balaban J connectivity index is 2.57. The third kappa shape index (κ3) is 5.46. The molecule has 0 aromatic heterocycles. The van der Waals surface area contributed by atoms with Crippen molar-refractivity contribution < 1.29 is 14.6 Å². The number of carboxylic acids is 1. The van der Waals surface area contributed by atoms with Crippen molar-refractivity contribution in [2.45, 2.75) is 33.3 Å². The van der Waals surface area contributed by atoms with Crippen molar-refractivity contribution in [2.75, 3.05) is 11.9 Å². The number of hydrogen-bond donors (Lipinski definition) is 2. The Hall–Kier alpha value is -1.97. The molecule has 0 aliphatic carbocycles. The molecule has 0 amide bonds. The third-order valence-electron chi connectivity index (χ3n) is 2.80. The van der Waals surface area contributed by atoms with Crippen LogP contribution in [0.25, 0.3) is 0 Å². The largest absolute Gasteiger partial charge is 0.491 e. The van der Waals surface area contributed by atoms with Gasteiger partial charge in [-0.15, -0.1) is 0 Å². The third-order valence-corrected chi connectivity index (χ3v) is 2.80. The molecule has 1 unspecified atom stereocenters. The molecule has 0 aliphatic rings. The number of rotatable bonds is 7. The van der Waals surface area contributed by atoms with Crippen molar-refractivity contribution in [1.82, 2.24) is 0 Å². The molecule has 104 valence electrons. The highest BCUT2D eigenvalue weighted by atomic mass is 16.5. The van der Waals surface area contributed by atoms with Crippen molar-refractivity contribution in [3.63, 3.8) is 0 Å². The number of carbonyl (C=O) groups is 1. The molecule has 1 aromatic rings. The summed E-state index contributed by atoms with van der Waals surface area (Å²) in [6.07, 6.45) is 2.78. The highest BCUT2D eigenvalue weighted by Crippen LogP contribution is 2.19. The highest BCUT2D eigenvalue weighted by Gasteiger charge is 2.02. The number of hydrogen-bond acceptors (Lipinski definition) is 3. The zero-order valence-electron chi connectivity index (χ0n) is 11.6. The van der Waals surface area contributed by atoms with Crippen LogP contribution in [0.4, 0.5) is 5.69 Å². The van der Waals surface area contributed by atoms with Crippen molar-refractivity contribution in [3.05, 3.63) is 35.9 Å². The molecule has 4 nitrogen and oxygen atoms in total. The molecule has 0 bridgehead atoms. The van der Waals surface area contributed by atoms with Gasteiger partial charge in [-0.25, -0.2) is 4.79 Å². The Kier molecular flexibility index (Phi) is 5.93. The average molecular weight is 263 g/mol. The molecular weight excluding hydrogens is 242 g/mol. The van der Waals surface area contributed by atoms with Gasteiger partial charge in [-0.3, -0.25) is 0 Å². The average Bonchev–Trinajstić information content (AvgIpc) is 2.38. The first-order valence-corrected chi connectivity index (χ1v) is 6.43. The predicted octanol–water partition coefficient (Wildman–Crippen LogP) is 3.31. The number of benzene rings is 1. The summed E-state index contributed by atoms with van der Waals surface area (Å²) in [4.78, 5) is 10.6. The van der Waals surface area contributed by atoms with Crippen LogP contribution in [0.15, 0.2) is 35.9 Å². The maximum Gasteiger partial charge on any atom is 0.331 e. The minimum Gasteiger partial charge on any atom is -0.491 e. The lowest BCUT2D eigenvalue weighted by Gasteiger charge is -2.13. The Morgan fingerprint density at radius 1 is 1.53 bits per heavy atom. The molecule has 0 fully saturated rings. The van der Waals surface area contributed by atoms with E-state index >= 15 is 0 Å². The van der Waals surface area contributed by atoms with E-state index in [2.05, 4.69) is 12.2 Å². The van der Waals surface area contributed by atoms with Gasteiger partial charge in [0.15, 0.2) is 0 Å². The van der Waals surface area contributed by atoms with Gasteiger partial charge in [-0.2, -0.15) is 0 Å². The van der Waals surface area contributed by atoms with Crippen LogP contribution in [0.5, 0.6) is 5.75 Å². The predicted molar refractivity (Wildman–Crippen MR) is 76.7 cm³/mol. The van der Waals surface area contributed by atoms with E-state index < -0.39 is 5.97 Å². The van der Waals surface area contributed by atoms with Crippen LogP contribution in [0.2, 0.25) is 0 Å². The molecule has 1 rings (SSSR count). The molecule has 2 N–H and O–H groups in total. The van der Waals surface area contributed by atoms with Crippen molar-refractivity contribution in [3.8, 4) is 5.75 Å². The van der Waals surface area contributed by atoms with E-state index in [1.165, 1.54) is 0 Å². The topological polar surface area (TPSA) is 58.6 Å². The summed E-state index contributed by atoms with van der Waals surface area (Å²) < 4.78 is 5.72. The van der Waals surface area contributed by atoms with E-state index in [1.807, 2.05) is 31.2 Å². The van der Waals surface area contributed by atoms with Gasteiger partial charge < -0.3 is 15.2 Å². The lowest BCUT2D eigenvalue weighted by atomic mass is 10.2. The molecule has 0 heterocycles. The van der Waals surface area contributed by atoms with Crippen LogP contribution in [-0.4, -0.2) is 23.7 Å². The second kappa shape index (κ2) is 7.46. The van der Waals surface area contributed by atoms with Gasteiger partial charge in [0.1, 0.15) is 5.75 Å². The molecule has 1 atom stereocenters. The van der Waals surface area contributed by atoms with E-state index in [0.29, 0.717) is 12.1 Å². The van der Waals surface area contributed by atoms with E-state index in [0.717, 1.165) is 17.9 Å². The first kappa shape index (κ1) is 15.1. The maximum atomic E-state index is 10.6. The SMILES string of the molecule is CCC(C)Oc1cccc(NC/C=C(/C)C(=O)O)c1. The van der Waals surface area contributed by atoms with Crippen molar-refractivity contribution in [1.29, 1.82) is 0 Å². The van der Waals surface area contributed by atoms with Crippen LogP contribution in [0, 0.1) is 0 Å². The van der Waals surface area contributed by atoms with Crippen LogP contribution in [-0.2, 0) is 4.79 Å². The second-order valence-electron chi connectivity index (χ2n) is 4.44. The lowest BCUT2D eigenvalue weighted by Crippen LogP contribution is -2.10. The summed E-state index contributed by atoms with van der Waals surface area (Å²) in [7, 11) is 0. The molecule has 19 heavy (non-hydrogen) atoms. The Bertz CT molecular complexity index is 454. The maximum absolute atomic E-state index is 10.6. The number of anilines is 1. The van der Waals surface area contributed by atoms with Gasteiger partial charge in [-0.05, 0) is 32.4 Å². The number of nitrogens with one attached hydrogen (secondary N) is 1. The van der Waals surface area contributed by atoms with Crippen molar-refractivity contribution in [2.24, 2.45) is 0 Å². The lowest BCUT2D eigenvalue weighted by molar-refractivity contribution is -0.132. The minimum atomic E-state index is -0.893. The minimum absolute atomic E-state index is 0.185. The molecule has 0 aliphatic heterocycles. The summed E-state index contributed by atoms with van der Waals surface area (Å²) >= 11 is 0. The van der Waals surface area contributed by atoms with Gasteiger partial charge in [0, 0.05) is 23.9 Å². The second-order valence-corrected chi connectivity index (χ2v) is 4.44. The molecule has 0 radical (unpaired) electrons. The van der Waals surface area contributed by atoms with Crippen LogP contribution < -0.4 is 10.1 Å². The summed E-state index contributed by atoms with van der Waals surface area (Å²) in [6, 6.07) is 7.66. The van der Waals surface area contributed by atoms with Gasteiger partial charge >= 0.3 is 5.97 Å². The zero-order valence-corrected chi connectivity index (χ0v) is 11.6. The molecule has 0 saturated heterocycles. The van der Waals surface area contributed by atoms with Gasteiger partial charge in [0.25, 0.3) is 0 Å². The first-order valence-electron chi connectivity index (χ1n) is 6.43. The standard InChI is InChI=1S/C15H21NO3/c1-4-12(3)19-14-7-5-6-13(10-14)16-9-8-11(2)15(17)18/h5-8,10,12,16H,4,9H2,1-3H3,(H,17,18)/b11-8-. The molecule has 4 heteroatoms. The molecular formula is C15H21NO3. The monoisotopic (exact) mass is 263 g/mol. The number of aliphatic carboxylic acids is 1. The zero-order chi connectivity index (χ0) is 14.3. The fourth-order valence-electron chi connectivity index (χ4n) is 1.40. The van der Waals surface area contributed by atoms with Gasteiger partial charge in [0.05, 0.1) is 6.10 Å².